The first-order valence-corrected chi connectivity index (χ1v) is 30.5. The highest BCUT2D eigenvalue weighted by atomic mass is 35.5. The standard InChI is InChI=1S/C14H22O.C12H18O.2C10H13Cl.C9H12ClN.C9H12FN.C8H18.CH4/c1-9(2)14-11(5)7-13(8-12(14)6)15-10(3)4;1-8(2)12-9(3)5-11(7-13)6-10(12)4;2*1-7(2)10-8(3)5-4-6-9(10)11;2*1-6(2)9-7(3)4-11-5-8(9)10;1-5-8(6-2)7(3)4;/h7-10H,1-6H3;5-6,8,13H,7H2,1-4H3;2*4-7H,1-3H3;2*4-6H,1-3H3;7-8H,5-6H2,1-4H3;1H4. The van der Waals surface area contributed by atoms with Crippen molar-refractivity contribution < 1.29 is 14.2 Å². The first-order chi connectivity index (χ1) is 37.2. The van der Waals surface area contributed by atoms with Crippen molar-refractivity contribution in [1.82, 2.24) is 9.97 Å². The van der Waals surface area contributed by atoms with E-state index in [9.17, 15) is 4.39 Å². The lowest BCUT2D eigenvalue weighted by molar-refractivity contribution is 0.242. The zero-order valence-electron chi connectivity index (χ0n) is 54.7. The number of ether oxygens (including phenoxy) is 1. The molecule has 0 radical (unpaired) electrons. The fourth-order valence-electron chi connectivity index (χ4n) is 10.8. The van der Waals surface area contributed by atoms with Gasteiger partial charge in [-0.2, -0.15) is 0 Å². The Labute approximate surface area is 511 Å². The van der Waals surface area contributed by atoms with Gasteiger partial charge in [-0.25, -0.2) is 4.39 Å². The van der Waals surface area contributed by atoms with E-state index in [1.54, 1.807) is 12.4 Å². The van der Waals surface area contributed by atoms with E-state index in [0.717, 1.165) is 49.3 Å². The van der Waals surface area contributed by atoms with Crippen molar-refractivity contribution in [2.75, 3.05) is 0 Å². The number of rotatable bonds is 12. The number of aliphatic hydroxyl groups is 1. The molecule has 0 saturated carbocycles. The highest BCUT2D eigenvalue weighted by Crippen LogP contribution is 2.31. The Bertz CT molecular complexity index is 2370. The lowest BCUT2D eigenvalue weighted by atomic mass is 9.91. The van der Waals surface area contributed by atoms with Gasteiger partial charge in [-0.1, -0.05) is 202 Å². The van der Waals surface area contributed by atoms with Crippen LogP contribution in [0.4, 0.5) is 4.39 Å². The van der Waals surface area contributed by atoms with E-state index in [1.165, 1.54) is 85.8 Å². The molecule has 0 spiro atoms. The molecule has 0 fully saturated rings. The third kappa shape index (κ3) is 27.8. The molecule has 81 heavy (non-hydrogen) atoms. The molecule has 0 amide bonds. The van der Waals surface area contributed by atoms with E-state index in [0.29, 0.717) is 29.6 Å². The highest BCUT2D eigenvalue weighted by Gasteiger charge is 2.13. The van der Waals surface area contributed by atoms with Crippen molar-refractivity contribution in [3.63, 3.8) is 0 Å². The van der Waals surface area contributed by atoms with Crippen LogP contribution in [-0.4, -0.2) is 21.2 Å². The molecule has 6 aromatic rings. The molecule has 2 heterocycles. The molecule has 0 saturated heterocycles. The van der Waals surface area contributed by atoms with Gasteiger partial charge in [0.1, 0.15) is 11.6 Å². The summed E-state index contributed by atoms with van der Waals surface area (Å²) in [4.78, 5) is 7.75. The van der Waals surface area contributed by atoms with E-state index < -0.39 is 0 Å². The van der Waals surface area contributed by atoms with Gasteiger partial charge in [0.15, 0.2) is 0 Å². The Morgan fingerprint density at radius 3 is 1.00 bits per heavy atom. The summed E-state index contributed by atoms with van der Waals surface area (Å²) < 4.78 is 18.7. The first-order valence-electron chi connectivity index (χ1n) is 29.4. The summed E-state index contributed by atoms with van der Waals surface area (Å²) in [6, 6.07) is 20.5. The van der Waals surface area contributed by atoms with Crippen LogP contribution in [0.1, 0.15) is 264 Å². The number of aliphatic hydroxyl groups excluding tert-OH is 1. The molecule has 454 valence electrons. The van der Waals surface area contributed by atoms with Crippen LogP contribution in [0.2, 0.25) is 15.1 Å². The van der Waals surface area contributed by atoms with Crippen LogP contribution < -0.4 is 4.74 Å². The Hall–Kier alpha value is -4.26. The average Bonchev–Trinajstić information content (AvgIpc) is 3.31. The summed E-state index contributed by atoms with van der Waals surface area (Å²) in [6.45, 7) is 55.8. The molecule has 6 rings (SSSR count). The molecule has 2 aromatic heterocycles. The average molecular weight is 1180 g/mol. The molecular formula is C73H112Cl3FN2O2. The van der Waals surface area contributed by atoms with Crippen LogP contribution in [0, 0.1) is 73.0 Å². The second-order valence-electron chi connectivity index (χ2n) is 23.8. The monoisotopic (exact) mass is 1170 g/mol. The topological polar surface area (TPSA) is 55.2 Å². The molecular weight excluding hydrogens is 1060 g/mol. The third-order valence-electron chi connectivity index (χ3n) is 14.0. The Kier molecular flexibility index (Phi) is 39.0. The number of halogens is 4. The lowest BCUT2D eigenvalue weighted by Gasteiger charge is -2.17. The Balaban J connectivity index is 0. The second kappa shape index (κ2) is 40.1. The molecule has 1 N–H and O–H groups in total. The Morgan fingerprint density at radius 1 is 0.432 bits per heavy atom. The minimum absolute atomic E-state index is 0. The zero-order chi connectivity index (χ0) is 61.9. The first kappa shape index (κ1) is 78.8. The molecule has 0 aliphatic carbocycles. The van der Waals surface area contributed by atoms with E-state index in [4.69, 9.17) is 44.6 Å². The highest BCUT2D eigenvalue weighted by molar-refractivity contribution is 6.32. The summed E-state index contributed by atoms with van der Waals surface area (Å²) in [7, 11) is 0. The van der Waals surface area contributed by atoms with Crippen molar-refractivity contribution in [2.24, 2.45) is 11.8 Å². The van der Waals surface area contributed by atoms with Crippen LogP contribution in [0.5, 0.6) is 5.75 Å². The molecule has 4 nitrogen and oxygen atoms in total. The summed E-state index contributed by atoms with van der Waals surface area (Å²) in [5.74, 6) is 5.52. The van der Waals surface area contributed by atoms with Crippen molar-refractivity contribution in [2.45, 2.75) is 249 Å². The quantitative estimate of drug-likeness (QED) is 0.133. The summed E-state index contributed by atoms with van der Waals surface area (Å²) in [5, 5.41) is 11.6. The van der Waals surface area contributed by atoms with E-state index in [1.807, 2.05) is 58.2 Å². The number of benzene rings is 4. The van der Waals surface area contributed by atoms with E-state index in [-0.39, 0.29) is 31.9 Å². The summed E-state index contributed by atoms with van der Waals surface area (Å²) in [5.41, 5.74) is 18.3. The third-order valence-corrected chi connectivity index (χ3v) is 15.0. The van der Waals surface area contributed by atoms with Gasteiger partial charge in [0, 0.05) is 28.6 Å². The van der Waals surface area contributed by atoms with Crippen LogP contribution in [0.25, 0.3) is 0 Å². The van der Waals surface area contributed by atoms with E-state index in [2.05, 4.69) is 199 Å². The van der Waals surface area contributed by atoms with Gasteiger partial charge in [0.2, 0.25) is 0 Å². The zero-order valence-corrected chi connectivity index (χ0v) is 56.9. The summed E-state index contributed by atoms with van der Waals surface area (Å²) >= 11 is 18.0. The van der Waals surface area contributed by atoms with Crippen LogP contribution >= 0.6 is 34.8 Å². The normalized spacial score (nSPS) is 10.7. The van der Waals surface area contributed by atoms with E-state index >= 15 is 0 Å². The van der Waals surface area contributed by atoms with Crippen molar-refractivity contribution >= 4 is 34.8 Å². The molecule has 4 aromatic carbocycles. The van der Waals surface area contributed by atoms with Crippen LogP contribution in [-0.2, 0) is 6.61 Å². The summed E-state index contributed by atoms with van der Waals surface area (Å²) in [6.07, 6.45) is 9.43. The number of hydrogen-bond acceptors (Lipinski definition) is 4. The molecule has 0 aliphatic heterocycles. The van der Waals surface area contributed by atoms with Crippen LogP contribution in [0.3, 0.4) is 0 Å². The number of pyridine rings is 2. The smallest absolute Gasteiger partial charge is 0.145 e. The lowest BCUT2D eigenvalue weighted by Crippen LogP contribution is -2.07. The second-order valence-corrected chi connectivity index (χ2v) is 25.1. The minimum atomic E-state index is -0.194. The van der Waals surface area contributed by atoms with Gasteiger partial charge in [0.05, 0.1) is 23.9 Å². The molecule has 0 aliphatic rings. The van der Waals surface area contributed by atoms with Crippen molar-refractivity contribution in [3.8, 4) is 5.75 Å². The van der Waals surface area contributed by atoms with Gasteiger partial charge in [-0.05, 0) is 224 Å². The number of hydrogen-bond donors (Lipinski definition) is 1. The van der Waals surface area contributed by atoms with Gasteiger partial charge in [-0.3, -0.25) is 9.97 Å². The molecule has 8 heteroatoms. The van der Waals surface area contributed by atoms with Crippen molar-refractivity contribution in [1.29, 1.82) is 0 Å². The largest absolute Gasteiger partial charge is 0.491 e. The fourth-order valence-corrected chi connectivity index (χ4v) is 12.1. The van der Waals surface area contributed by atoms with Gasteiger partial charge in [0.25, 0.3) is 0 Å². The SMILES string of the molecule is C.CCC(CC)C(C)C.Cc1cc(CO)cc(C)c1C(C)C.Cc1cc(OC(C)C)cc(C)c1C(C)C.Cc1cccc(Cl)c1C(C)C.Cc1cccc(Cl)c1C(C)C.Cc1cncc(Cl)c1C(C)C.Cc1cncc(F)c1C(C)C. The number of nitrogens with zero attached hydrogens (tertiary/aromatic N) is 2. The van der Waals surface area contributed by atoms with Gasteiger partial charge in [-0.15, -0.1) is 0 Å². The molecule has 0 unspecified atom stereocenters. The van der Waals surface area contributed by atoms with Gasteiger partial charge < -0.3 is 9.84 Å². The maximum Gasteiger partial charge on any atom is 0.145 e. The van der Waals surface area contributed by atoms with Gasteiger partial charge >= 0.3 is 0 Å². The number of aromatic nitrogens is 2. The Morgan fingerprint density at radius 2 is 0.765 bits per heavy atom. The number of aryl methyl sites for hydroxylation is 8. The predicted molar refractivity (Wildman–Crippen MR) is 359 cm³/mol. The minimum Gasteiger partial charge on any atom is -0.491 e. The maximum atomic E-state index is 13.0. The maximum absolute atomic E-state index is 13.0. The predicted octanol–water partition coefficient (Wildman–Crippen LogP) is 24.2. The van der Waals surface area contributed by atoms with Crippen molar-refractivity contribution in [3.05, 3.63) is 190 Å². The van der Waals surface area contributed by atoms with Crippen LogP contribution in [0.15, 0.2) is 85.5 Å². The fraction of sp³-hybridized carbons (Fsp3) is 0.534. The molecule has 0 bridgehead atoms. The molecule has 0 atom stereocenters.